The van der Waals surface area contributed by atoms with Crippen molar-refractivity contribution >= 4 is 18.3 Å². The third-order valence-electron chi connectivity index (χ3n) is 1.95. The molecule has 0 aliphatic carbocycles. The number of anilines is 1. The van der Waals surface area contributed by atoms with Crippen LogP contribution in [0.5, 0.6) is 0 Å². The third kappa shape index (κ3) is 1.42. The van der Waals surface area contributed by atoms with Gasteiger partial charge in [0.15, 0.2) is 5.56 Å². The van der Waals surface area contributed by atoms with Crippen LogP contribution in [0.15, 0.2) is 30.3 Å². The first-order valence-corrected chi connectivity index (χ1v) is 4.51. The van der Waals surface area contributed by atoms with E-state index in [1.54, 1.807) is 0 Å². The standard InChI is InChI=1S/C9H11NOS/c12-9-10(6-7-11-9)8-4-2-1-3-5-8/h1-5,9,12H,6-7H2. The van der Waals surface area contributed by atoms with Gasteiger partial charge in [0.05, 0.1) is 6.61 Å². The fraction of sp³-hybridized carbons (Fsp3) is 0.333. The van der Waals surface area contributed by atoms with E-state index in [0.717, 1.165) is 13.2 Å². The third-order valence-corrected chi connectivity index (χ3v) is 2.38. The highest BCUT2D eigenvalue weighted by Crippen LogP contribution is 2.22. The smallest absolute Gasteiger partial charge is 0.175 e. The predicted octanol–water partition coefficient (Wildman–Crippen LogP) is 1.74. The average Bonchev–Trinajstić information content (AvgIpc) is 2.53. The maximum atomic E-state index is 5.31. The second-order valence-electron chi connectivity index (χ2n) is 2.73. The molecule has 12 heavy (non-hydrogen) atoms. The van der Waals surface area contributed by atoms with Gasteiger partial charge in [-0.2, -0.15) is 0 Å². The summed E-state index contributed by atoms with van der Waals surface area (Å²) in [5.41, 5.74) is 1.10. The minimum atomic E-state index is -0.0765. The Morgan fingerprint density at radius 2 is 2.08 bits per heavy atom. The molecule has 1 aromatic carbocycles. The summed E-state index contributed by atoms with van der Waals surface area (Å²) in [5, 5.41) is 0. The summed E-state index contributed by atoms with van der Waals surface area (Å²) in [5.74, 6) is 0. The SMILES string of the molecule is SC1OCCN1c1ccccc1. The molecule has 1 heterocycles. The minimum absolute atomic E-state index is 0.0765. The largest absolute Gasteiger partial charge is 0.347 e. The number of hydrogen-bond acceptors (Lipinski definition) is 3. The molecule has 1 atom stereocenters. The summed E-state index contributed by atoms with van der Waals surface area (Å²) in [6.07, 6.45) is 0. The van der Waals surface area contributed by atoms with Crippen molar-refractivity contribution in [2.45, 2.75) is 5.56 Å². The van der Waals surface area contributed by atoms with Gasteiger partial charge in [0.25, 0.3) is 0 Å². The van der Waals surface area contributed by atoms with Crippen molar-refractivity contribution < 1.29 is 4.74 Å². The number of rotatable bonds is 1. The summed E-state index contributed by atoms with van der Waals surface area (Å²) < 4.78 is 5.31. The first-order valence-electron chi connectivity index (χ1n) is 3.99. The molecule has 2 nitrogen and oxygen atoms in total. The first kappa shape index (κ1) is 7.95. The Morgan fingerprint density at radius 1 is 1.33 bits per heavy atom. The zero-order chi connectivity index (χ0) is 8.39. The van der Waals surface area contributed by atoms with Crippen LogP contribution in [0.4, 0.5) is 5.69 Å². The normalized spacial score (nSPS) is 23.1. The van der Waals surface area contributed by atoms with E-state index in [2.05, 4.69) is 29.7 Å². The Balaban J connectivity index is 2.19. The highest BCUT2D eigenvalue weighted by molar-refractivity contribution is 7.80. The van der Waals surface area contributed by atoms with E-state index in [9.17, 15) is 0 Å². The van der Waals surface area contributed by atoms with E-state index in [-0.39, 0.29) is 5.56 Å². The van der Waals surface area contributed by atoms with Crippen molar-refractivity contribution in [2.75, 3.05) is 18.1 Å². The molecule has 0 radical (unpaired) electrons. The number of thiol groups is 1. The predicted molar refractivity (Wildman–Crippen MR) is 52.5 cm³/mol. The molecule has 3 heteroatoms. The summed E-state index contributed by atoms with van der Waals surface area (Å²) in [7, 11) is 0. The molecule has 1 unspecified atom stereocenters. The molecule has 0 aromatic heterocycles. The van der Waals surface area contributed by atoms with E-state index < -0.39 is 0 Å². The molecule has 1 saturated heterocycles. The molecule has 64 valence electrons. The van der Waals surface area contributed by atoms with E-state index in [1.165, 1.54) is 5.69 Å². The Kier molecular flexibility index (Phi) is 2.23. The van der Waals surface area contributed by atoms with Gasteiger partial charge < -0.3 is 9.64 Å². The number of nitrogens with zero attached hydrogens (tertiary/aromatic N) is 1. The van der Waals surface area contributed by atoms with Crippen molar-refractivity contribution in [3.63, 3.8) is 0 Å². The van der Waals surface area contributed by atoms with Gasteiger partial charge in [0, 0.05) is 12.2 Å². The summed E-state index contributed by atoms with van der Waals surface area (Å²) in [4.78, 5) is 2.13. The lowest BCUT2D eigenvalue weighted by molar-refractivity contribution is 0.178. The molecule has 1 aliphatic heterocycles. The number of benzene rings is 1. The zero-order valence-electron chi connectivity index (χ0n) is 6.68. The molecule has 0 amide bonds. The van der Waals surface area contributed by atoms with E-state index in [4.69, 9.17) is 4.74 Å². The fourth-order valence-corrected chi connectivity index (χ4v) is 1.69. The van der Waals surface area contributed by atoms with Crippen LogP contribution in [-0.2, 0) is 4.74 Å². The molecule has 0 spiro atoms. The summed E-state index contributed by atoms with van der Waals surface area (Å²) in [6, 6.07) is 10.2. The van der Waals surface area contributed by atoms with Crippen LogP contribution in [-0.4, -0.2) is 18.7 Å². The van der Waals surface area contributed by atoms with Crippen molar-refractivity contribution in [3.05, 3.63) is 30.3 Å². The molecular formula is C9H11NOS. The van der Waals surface area contributed by atoms with Crippen molar-refractivity contribution in [3.8, 4) is 0 Å². The second kappa shape index (κ2) is 3.37. The molecule has 1 aromatic rings. The molecule has 0 saturated carbocycles. The van der Waals surface area contributed by atoms with Gasteiger partial charge in [-0.15, -0.1) is 12.6 Å². The Morgan fingerprint density at radius 3 is 2.67 bits per heavy atom. The van der Waals surface area contributed by atoms with E-state index in [1.807, 2.05) is 18.2 Å². The van der Waals surface area contributed by atoms with Crippen LogP contribution in [0, 0.1) is 0 Å². The minimum Gasteiger partial charge on any atom is -0.347 e. The lowest BCUT2D eigenvalue weighted by atomic mass is 10.3. The lowest BCUT2D eigenvalue weighted by Gasteiger charge is -2.20. The molecule has 0 bridgehead atoms. The fourth-order valence-electron chi connectivity index (χ4n) is 1.33. The second-order valence-corrected chi connectivity index (χ2v) is 3.17. The Hall–Kier alpha value is -0.670. The summed E-state index contributed by atoms with van der Waals surface area (Å²) in [6.45, 7) is 1.70. The number of hydrogen-bond donors (Lipinski definition) is 1. The average molecular weight is 181 g/mol. The quantitative estimate of drug-likeness (QED) is 0.662. The van der Waals surface area contributed by atoms with Crippen LogP contribution < -0.4 is 4.90 Å². The molecule has 1 fully saturated rings. The number of para-hydroxylation sites is 1. The molecular weight excluding hydrogens is 170 g/mol. The van der Waals surface area contributed by atoms with Crippen molar-refractivity contribution in [1.82, 2.24) is 0 Å². The van der Waals surface area contributed by atoms with Crippen LogP contribution >= 0.6 is 12.6 Å². The van der Waals surface area contributed by atoms with Gasteiger partial charge in [-0.1, -0.05) is 18.2 Å². The van der Waals surface area contributed by atoms with Crippen LogP contribution in [0.2, 0.25) is 0 Å². The van der Waals surface area contributed by atoms with Crippen LogP contribution in [0.25, 0.3) is 0 Å². The topological polar surface area (TPSA) is 12.5 Å². The monoisotopic (exact) mass is 181 g/mol. The van der Waals surface area contributed by atoms with Gasteiger partial charge in [0.2, 0.25) is 0 Å². The maximum absolute atomic E-state index is 5.31. The summed E-state index contributed by atoms with van der Waals surface area (Å²) >= 11 is 4.30. The van der Waals surface area contributed by atoms with Crippen molar-refractivity contribution in [1.29, 1.82) is 0 Å². The van der Waals surface area contributed by atoms with Crippen molar-refractivity contribution in [2.24, 2.45) is 0 Å². The van der Waals surface area contributed by atoms with E-state index in [0.29, 0.717) is 0 Å². The first-order chi connectivity index (χ1) is 5.88. The van der Waals surface area contributed by atoms with Gasteiger partial charge in [-0.25, -0.2) is 0 Å². The number of ether oxygens (including phenoxy) is 1. The highest BCUT2D eigenvalue weighted by Gasteiger charge is 2.21. The van der Waals surface area contributed by atoms with Gasteiger partial charge in [-0.3, -0.25) is 0 Å². The molecule has 0 N–H and O–H groups in total. The van der Waals surface area contributed by atoms with Crippen LogP contribution in [0.3, 0.4) is 0 Å². The Bertz CT molecular complexity index is 252. The highest BCUT2D eigenvalue weighted by atomic mass is 32.1. The van der Waals surface area contributed by atoms with Gasteiger partial charge in [0.1, 0.15) is 0 Å². The molecule has 1 aliphatic rings. The van der Waals surface area contributed by atoms with E-state index >= 15 is 0 Å². The van der Waals surface area contributed by atoms with Gasteiger partial charge in [-0.05, 0) is 12.1 Å². The Labute approximate surface area is 77.5 Å². The molecule has 2 rings (SSSR count). The maximum Gasteiger partial charge on any atom is 0.175 e. The van der Waals surface area contributed by atoms with Crippen LogP contribution in [0.1, 0.15) is 0 Å². The van der Waals surface area contributed by atoms with Gasteiger partial charge >= 0.3 is 0 Å². The zero-order valence-corrected chi connectivity index (χ0v) is 7.58. The lowest BCUT2D eigenvalue weighted by Crippen LogP contribution is -2.24.